The first kappa shape index (κ1) is 13.1. The van der Waals surface area contributed by atoms with E-state index in [4.69, 9.17) is 9.47 Å². The molecule has 4 rings (SSSR count). The number of hydrogen-bond donors (Lipinski definition) is 0. The quantitative estimate of drug-likeness (QED) is 0.575. The molecule has 1 saturated heterocycles. The summed E-state index contributed by atoms with van der Waals surface area (Å²) in [6.07, 6.45) is 4.59. The molecule has 0 unspecified atom stereocenters. The smallest absolute Gasteiger partial charge is 0.303 e. The number of hydrogen-bond acceptors (Lipinski definition) is 3. The summed E-state index contributed by atoms with van der Waals surface area (Å²) in [5.41, 5.74) is 0.0362. The van der Waals surface area contributed by atoms with E-state index in [-0.39, 0.29) is 22.6 Å². The lowest BCUT2D eigenvalue weighted by atomic mass is 9.43. The summed E-state index contributed by atoms with van der Waals surface area (Å²) in [7, 11) is 0. The van der Waals surface area contributed by atoms with Crippen molar-refractivity contribution in [2.75, 3.05) is 6.61 Å². The summed E-state index contributed by atoms with van der Waals surface area (Å²) < 4.78 is 11.9. The summed E-state index contributed by atoms with van der Waals surface area (Å²) in [4.78, 5) is 11.7. The Kier molecular flexibility index (Phi) is 2.36. The van der Waals surface area contributed by atoms with Gasteiger partial charge in [0.1, 0.15) is 5.60 Å². The number of carbonyl (C=O) groups excluding carboxylic acids is 1. The molecule has 0 amide bonds. The van der Waals surface area contributed by atoms with E-state index in [0.29, 0.717) is 17.8 Å². The Bertz CT molecular complexity index is 467. The first-order valence-corrected chi connectivity index (χ1v) is 8.20. The molecule has 3 nitrogen and oxygen atoms in total. The molecule has 6 atom stereocenters. The highest BCUT2D eigenvalue weighted by Crippen LogP contribution is 2.79. The standard InChI is InChI=1S/C17H26O3/c1-10(2)12-5-6-15(4)13(12)14-16(9-19-16)7-8-17(14,15)20-11(3)18/h10,12-14H,5-9H2,1-4H3/t12-,13+,14-,15+,16+,17-/m0/s1. The molecule has 0 aromatic heterocycles. The van der Waals surface area contributed by atoms with Gasteiger partial charge in [0, 0.05) is 18.3 Å². The van der Waals surface area contributed by atoms with E-state index in [1.54, 1.807) is 6.92 Å². The van der Waals surface area contributed by atoms with Crippen LogP contribution in [0, 0.1) is 29.1 Å². The summed E-state index contributed by atoms with van der Waals surface area (Å²) in [5.74, 6) is 2.52. The Labute approximate surface area is 121 Å². The van der Waals surface area contributed by atoms with Crippen LogP contribution in [0.25, 0.3) is 0 Å². The van der Waals surface area contributed by atoms with E-state index in [1.165, 1.54) is 12.8 Å². The summed E-state index contributed by atoms with van der Waals surface area (Å²) >= 11 is 0. The SMILES string of the molecule is CC(=O)O[C@@]12CC[C@@]3(CO3)[C@@H]1[C@H]1[C@H](C(C)C)CC[C@]12C. The number of ether oxygens (including phenoxy) is 2. The van der Waals surface area contributed by atoms with Crippen molar-refractivity contribution in [3.05, 3.63) is 0 Å². The molecule has 3 heteroatoms. The van der Waals surface area contributed by atoms with Crippen molar-refractivity contribution in [3.8, 4) is 0 Å². The van der Waals surface area contributed by atoms with Crippen LogP contribution in [-0.4, -0.2) is 23.8 Å². The molecule has 20 heavy (non-hydrogen) atoms. The molecule has 112 valence electrons. The molecule has 3 aliphatic carbocycles. The zero-order valence-electron chi connectivity index (χ0n) is 13.1. The van der Waals surface area contributed by atoms with E-state index in [1.807, 2.05) is 0 Å². The zero-order chi connectivity index (χ0) is 14.3. The van der Waals surface area contributed by atoms with Gasteiger partial charge in [-0.3, -0.25) is 4.79 Å². The fourth-order valence-corrected chi connectivity index (χ4v) is 6.34. The highest BCUT2D eigenvalue weighted by molar-refractivity contribution is 5.67. The van der Waals surface area contributed by atoms with Crippen LogP contribution in [0.15, 0.2) is 0 Å². The Hall–Kier alpha value is -0.570. The van der Waals surface area contributed by atoms with E-state index in [2.05, 4.69) is 20.8 Å². The van der Waals surface area contributed by atoms with Crippen molar-refractivity contribution in [1.29, 1.82) is 0 Å². The van der Waals surface area contributed by atoms with Crippen molar-refractivity contribution in [3.63, 3.8) is 0 Å². The van der Waals surface area contributed by atoms with Gasteiger partial charge in [-0.15, -0.1) is 0 Å². The van der Waals surface area contributed by atoms with Gasteiger partial charge in [-0.05, 0) is 43.4 Å². The van der Waals surface area contributed by atoms with Gasteiger partial charge in [0.2, 0.25) is 0 Å². The van der Waals surface area contributed by atoms with Crippen LogP contribution in [0.3, 0.4) is 0 Å². The van der Waals surface area contributed by atoms with Gasteiger partial charge in [-0.2, -0.15) is 0 Å². The lowest BCUT2D eigenvalue weighted by Gasteiger charge is -2.64. The lowest BCUT2D eigenvalue weighted by Crippen LogP contribution is -2.70. The van der Waals surface area contributed by atoms with Crippen LogP contribution in [0.5, 0.6) is 0 Å². The zero-order valence-corrected chi connectivity index (χ0v) is 13.1. The summed E-state index contributed by atoms with van der Waals surface area (Å²) in [6, 6.07) is 0. The monoisotopic (exact) mass is 278 g/mol. The average Bonchev–Trinajstić information content (AvgIpc) is 2.97. The Morgan fingerprint density at radius 2 is 2.00 bits per heavy atom. The average molecular weight is 278 g/mol. The van der Waals surface area contributed by atoms with E-state index in [9.17, 15) is 4.79 Å². The fraction of sp³-hybridized carbons (Fsp3) is 0.941. The van der Waals surface area contributed by atoms with Crippen LogP contribution in [-0.2, 0) is 14.3 Å². The van der Waals surface area contributed by atoms with Crippen LogP contribution >= 0.6 is 0 Å². The fourth-order valence-electron chi connectivity index (χ4n) is 6.34. The van der Waals surface area contributed by atoms with Crippen LogP contribution < -0.4 is 0 Å². The number of epoxide rings is 1. The minimum Gasteiger partial charge on any atom is -0.458 e. The largest absolute Gasteiger partial charge is 0.458 e. The molecular weight excluding hydrogens is 252 g/mol. The molecule has 3 saturated carbocycles. The normalized spacial score (nSPS) is 55.5. The van der Waals surface area contributed by atoms with Gasteiger partial charge in [-0.25, -0.2) is 0 Å². The Morgan fingerprint density at radius 3 is 2.55 bits per heavy atom. The maximum Gasteiger partial charge on any atom is 0.303 e. The van der Waals surface area contributed by atoms with Gasteiger partial charge >= 0.3 is 5.97 Å². The Balaban J connectivity index is 1.75. The number of rotatable bonds is 2. The third kappa shape index (κ3) is 1.25. The molecule has 1 spiro atoms. The molecule has 0 bridgehead atoms. The van der Waals surface area contributed by atoms with Crippen LogP contribution in [0.2, 0.25) is 0 Å². The lowest BCUT2D eigenvalue weighted by molar-refractivity contribution is -0.263. The van der Waals surface area contributed by atoms with Crippen molar-refractivity contribution >= 4 is 5.97 Å². The molecule has 0 aromatic carbocycles. The predicted octanol–water partition coefficient (Wildman–Crippen LogP) is 3.17. The molecule has 4 aliphatic rings. The molecule has 0 radical (unpaired) electrons. The Morgan fingerprint density at radius 1 is 1.30 bits per heavy atom. The van der Waals surface area contributed by atoms with Crippen LogP contribution in [0.1, 0.15) is 53.4 Å². The molecule has 1 aliphatic heterocycles. The number of fused-ring (bicyclic) bond motifs is 5. The summed E-state index contributed by atoms with van der Waals surface area (Å²) in [6.45, 7) is 9.52. The molecular formula is C17H26O3. The molecule has 4 fully saturated rings. The van der Waals surface area contributed by atoms with Gasteiger partial charge in [-0.1, -0.05) is 20.8 Å². The maximum atomic E-state index is 11.7. The third-order valence-corrected chi connectivity index (χ3v) is 7.21. The predicted molar refractivity (Wildman–Crippen MR) is 75.1 cm³/mol. The third-order valence-electron chi connectivity index (χ3n) is 7.21. The van der Waals surface area contributed by atoms with Crippen molar-refractivity contribution in [2.45, 2.75) is 64.6 Å². The van der Waals surface area contributed by atoms with Crippen LogP contribution in [0.4, 0.5) is 0 Å². The summed E-state index contributed by atoms with van der Waals surface area (Å²) in [5, 5.41) is 0. The first-order valence-electron chi connectivity index (χ1n) is 8.20. The minimum absolute atomic E-state index is 0.0666. The van der Waals surface area contributed by atoms with E-state index < -0.39 is 0 Å². The minimum atomic E-state index is -0.219. The van der Waals surface area contributed by atoms with Gasteiger partial charge in [0.25, 0.3) is 0 Å². The number of esters is 1. The molecule has 0 N–H and O–H groups in total. The van der Waals surface area contributed by atoms with E-state index in [0.717, 1.165) is 25.4 Å². The highest BCUT2D eigenvalue weighted by atomic mass is 16.6. The maximum absolute atomic E-state index is 11.7. The number of carbonyl (C=O) groups is 1. The highest BCUT2D eigenvalue weighted by Gasteiger charge is 2.84. The van der Waals surface area contributed by atoms with Crippen molar-refractivity contribution < 1.29 is 14.3 Å². The topological polar surface area (TPSA) is 38.8 Å². The second-order valence-electron chi connectivity index (χ2n) is 8.20. The first-order chi connectivity index (χ1) is 9.36. The second kappa shape index (κ2) is 3.60. The van der Waals surface area contributed by atoms with Gasteiger partial charge < -0.3 is 9.47 Å². The van der Waals surface area contributed by atoms with Crippen molar-refractivity contribution in [1.82, 2.24) is 0 Å². The molecule has 1 heterocycles. The van der Waals surface area contributed by atoms with Gasteiger partial charge in [0.05, 0.1) is 12.2 Å². The van der Waals surface area contributed by atoms with E-state index >= 15 is 0 Å². The van der Waals surface area contributed by atoms with Gasteiger partial charge in [0.15, 0.2) is 0 Å². The van der Waals surface area contributed by atoms with Crippen molar-refractivity contribution in [2.24, 2.45) is 29.1 Å². The second-order valence-corrected chi connectivity index (χ2v) is 8.20. The molecule has 0 aromatic rings.